The molecule has 0 radical (unpaired) electrons. The van der Waals surface area contributed by atoms with Gasteiger partial charge in [-0.1, -0.05) is 69.9 Å². The zero-order valence-corrected chi connectivity index (χ0v) is 23.8. The molecule has 0 saturated heterocycles. The molecule has 0 aliphatic heterocycles. The quantitative estimate of drug-likeness (QED) is 0.118. The molecule has 1 N–H and O–H groups in total. The fourth-order valence-corrected chi connectivity index (χ4v) is 7.77. The van der Waals surface area contributed by atoms with Gasteiger partial charge in [0.25, 0.3) is 0 Å². The average Bonchev–Trinajstić information content (AvgIpc) is 2.98. The van der Waals surface area contributed by atoms with Crippen LogP contribution in [0.1, 0.15) is 141 Å². The second-order valence-electron chi connectivity index (χ2n) is 11.9. The molecular weight excluding hydrogens is 560 g/mol. The zero-order valence-electron chi connectivity index (χ0n) is 23.0. The van der Waals surface area contributed by atoms with Gasteiger partial charge in [0.2, 0.25) is 17.4 Å². The van der Waals surface area contributed by atoms with Gasteiger partial charge >= 0.3 is 16.1 Å². The molecule has 3 saturated carbocycles. The van der Waals surface area contributed by atoms with Crippen LogP contribution in [0.3, 0.4) is 0 Å². The number of hydrogen-bond acceptors (Lipinski definition) is 4. The van der Waals surface area contributed by atoms with E-state index in [0.717, 1.165) is 107 Å². The molecule has 3 aliphatic rings. The third-order valence-electron chi connectivity index (χ3n) is 9.23. The van der Waals surface area contributed by atoms with Crippen LogP contribution < -0.4 is 4.74 Å². The minimum atomic E-state index is -5.64. The SMILES string of the molecule is O=C(Oc1c(F)c(F)c(S(=O)(=O)O)c(F)c1F)c1c(C2CCCCC2)cc(C2CCCCC2)cc1C1CCCCC1. The summed E-state index contributed by atoms with van der Waals surface area (Å²) >= 11 is 0. The average molecular weight is 597 g/mol. The Morgan fingerprint density at radius 2 is 1.05 bits per heavy atom. The normalized spacial score (nSPS) is 19.8. The lowest BCUT2D eigenvalue weighted by molar-refractivity contribution is 0.0712. The van der Waals surface area contributed by atoms with Crippen molar-refractivity contribution in [3.63, 3.8) is 0 Å². The topological polar surface area (TPSA) is 80.7 Å². The first kappa shape index (κ1) is 30.0. The van der Waals surface area contributed by atoms with E-state index >= 15 is 0 Å². The molecule has 0 bridgehead atoms. The summed E-state index contributed by atoms with van der Waals surface area (Å²) in [4.78, 5) is 11.7. The highest BCUT2D eigenvalue weighted by Gasteiger charge is 2.36. The van der Waals surface area contributed by atoms with Gasteiger partial charge in [0.15, 0.2) is 16.5 Å². The number of carbonyl (C=O) groups is 1. The van der Waals surface area contributed by atoms with Gasteiger partial charge in [0.05, 0.1) is 5.56 Å². The smallest absolute Gasteiger partial charge is 0.344 e. The highest BCUT2D eigenvalue weighted by atomic mass is 32.2. The fraction of sp³-hybridized carbons (Fsp3) is 0.581. The zero-order chi connectivity index (χ0) is 29.3. The van der Waals surface area contributed by atoms with Crippen molar-refractivity contribution in [3.05, 3.63) is 57.7 Å². The number of hydrogen-bond donors (Lipinski definition) is 1. The molecule has 3 fully saturated rings. The molecule has 5 rings (SSSR count). The summed E-state index contributed by atoms with van der Waals surface area (Å²) in [6.07, 6.45) is 14.9. The summed E-state index contributed by atoms with van der Waals surface area (Å²) in [5, 5.41) is 0. The Labute approximate surface area is 238 Å². The first-order valence-corrected chi connectivity index (χ1v) is 16.2. The van der Waals surface area contributed by atoms with Gasteiger partial charge in [0, 0.05) is 0 Å². The molecule has 0 atom stereocenters. The van der Waals surface area contributed by atoms with Crippen LogP contribution in [0.4, 0.5) is 17.6 Å². The molecule has 10 heteroatoms. The van der Waals surface area contributed by atoms with E-state index in [0.29, 0.717) is 5.92 Å². The monoisotopic (exact) mass is 596 g/mol. The molecule has 3 aliphatic carbocycles. The van der Waals surface area contributed by atoms with Crippen LogP contribution in [0.25, 0.3) is 0 Å². The molecule has 5 nitrogen and oxygen atoms in total. The Balaban J connectivity index is 1.65. The van der Waals surface area contributed by atoms with Crippen LogP contribution in [0, 0.1) is 23.3 Å². The molecule has 2 aromatic rings. The van der Waals surface area contributed by atoms with E-state index in [2.05, 4.69) is 0 Å². The number of benzene rings is 2. The first-order valence-electron chi connectivity index (χ1n) is 14.8. The van der Waals surface area contributed by atoms with Gasteiger partial charge in [-0.05, 0) is 73.0 Å². The molecule has 2 aromatic carbocycles. The van der Waals surface area contributed by atoms with Gasteiger partial charge < -0.3 is 4.74 Å². The number of halogens is 4. The Kier molecular flexibility index (Phi) is 9.09. The van der Waals surface area contributed by atoms with Crippen molar-refractivity contribution in [1.82, 2.24) is 0 Å². The molecule has 0 unspecified atom stereocenters. The fourth-order valence-electron chi connectivity index (χ4n) is 7.14. The van der Waals surface area contributed by atoms with E-state index in [1.165, 1.54) is 6.42 Å². The lowest BCUT2D eigenvalue weighted by Crippen LogP contribution is -2.22. The Morgan fingerprint density at radius 3 is 1.44 bits per heavy atom. The molecule has 0 aromatic heterocycles. The van der Waals surface area contributed by atoms with Gasteiger partial charge in [-0.25, -0.2) is 13.6 Å². The van der Waals surface area contributed by atoms with E-state index < -0.39 is 50.0 Å². The van der Waals surface area contributed by atoms with Crippen molar-refractivity contribution in [2.24, 2.45) is 0 Å². The predicted octanol–water partition coefficient (Wildman–Crippen LogP) is 8.85. The minimum absolute atomic E-state index is 0.0299. The van der Waals surface area contributed by atoms with Gasteiger partial charge in [-0.3, -0.25) is 4.55 Å². The van der Waals surface area contributed by atoms with E-state index in [9.17, 15) is 30.8 Å². The summed E-state index contributed by atoms with van der Waals surface area (Å²) in [6.45, 7) is 0. The summed E-state index contributed by atoms with van der Waals surface area (Å²) in [7, 11) is -5.64. The van der Waals surface area contributed by atoms with Crippen LogP contribution in [0.2, 0.25) is 0 Å². The Bertz CT molecular complexity index is 1340. The van der Waals surface area contributed by atoms with E-state index in [1.807, 2.05) is 12.1 Å². The van der Waals surface area contributed by atoms with Crippen LogP contribution in [0.15, 0.2) is 17.0 Å². The summed E-state index contributed by atoms with van der Waals surface area (Å²) in [5.74, 6) is -11.5. The van der Waals surface area contributed by atoms with E-state index in [1.54, 1.807) is 0 Å². The van der Waals surface area contributed by atoms with E-state index in [-0.39, 0.29) is 17.4 Å². The number of ether oxygens (including phenoxy) is 1. The summed E-state index contributed by atoms with van der Waals surface area (Å²) < 4.78 is 95.8. The van der Waals surface area contributed by atoms with Crippen molar-refractivity contribution in [2.45, 2.75) is 119 Å². The summed E-state index contributed by atoms with van der Waals surface area (Å²) in [6, 6.07) is 4.09. The predicted molar refractivity (Wildman–Crippen MR) is 145 cm³/mol. The molecular formula is C31H36F4O5S. The van der Waals surface area contributed by atoms with Crippen molar-refractivity contribution in [2.75, 3.05) is 0 Å². The van der Waals surface area contributed by atoms with Crippen LogP contribution >= 0.6 is 0 Å². The second kappa shape index (κ2) is 12.4. The highest BCUT2D eigenvalue weighted by Crippen LogP contribution is 2.45. The van der Waals surface area contributed by atoms with E-state index in [4.69, 9.17) is 9.29 Å². The first-order chi connectivity index (χ1) is 19.6. The standard InChI is InChI=1S/C31H36F4O5S/c32-25-27(34)30(41(37,38)39)28(35)26(33)29(25)40-31(36)24-22(19-12-6-2-7-13-19)16-21(18-10-4-1-5-11-18)17-23(24)20-14-8-3-9-15-20/h16-20H,1-15H2,(H,37,38,39). The number of rotatable bonds is 6. The summed E-state index contributed by atoms with van der Waals surface area (Å²) in [5.41, 5.74) is 2.88. The van der Waals surface area contributed by atoms with Gasteiger partial charge in [0.1, 0.15) is 0 Å². The lowest BCUT2D eigenvalue weighted by atomic mass is 9.73. The van der Waals surface area contributed by atoms with Crippen LogP contribution in [-0.2, 0) is 10.1 Å². The van der Waals surface area contributed by atoms with Crippen molar-refractivity contribution >= 4 is 16.1 Å². The van der Waals surface area contributed by atoms with Crippen molar-refractivity contribution in [1.29, 1.82) is 0 Å². The Morgan fingerprint density at radius 1 is 0.659 bits per heavy atom. The molecule has 41 heavy (non-hydrogen) atoms. The molecule has 0 amide bonds. The maximum atomic E-state index is 14.9. The second-order valence-corrected chi connectivity index (χ2v) is 13.2. The highest BCUT2D eigenvalue weighted by molar-refractivity contribution is 7.85. The molecule has 224 valence electrons. The third-order valence-corrected chi connectivity index (χ3v) is 10.1. The minimum Gasteiger partial charge on any atom is -0.416 e. The van der Waals surface area contributed by atoms with Gasteiger partial charge in [-0.15, -0.1) is 0 Å². The number of esters is 1. The number of carbonyl (C=O) groups excluding carboxylic acids is 1. The largest absolute Gasteiger partial charge is 0.416 e. The maximum absolute atomic E-state index is 14.9. The van der Waals surface area contributed by atoms with Crippen LogP contribution in [0.5, 0.6) is 5.75 Å². The van der Waals surface area contributed by atoms with Gasteiger partial charge in [-0.2, -0.15) is 17.2 Å². The van der Waals surface area contributed by atoms with Crippen molar-refractivity contribution in [3.8, 4) is 5.75 Å². The molecule has 0 heterocycles. The van der Waals surface area contributed by atoms with Crippen molar-refractivity contribution < 1.29 is 40.1 Å². The lowest BCUT2D eigenvalue weighted by Gasteiger charge is -2.32. The third kappa shape index (κ3) is 6.19. The van der Waals surface area contributed by atoms with Crippen LogP contribution in [-0.4, -0.2) is 18.9 Å². The maximum Gasteiger partial charge on any atom is 0.344 e. The molecule has 0 spiro atoms. The Hall–Kier alpha value is -2.46.